The highest BCUT2D eigenvalue weighted by molar-refractivity contribution is 8.04. The lowest BCUT2D eigenvalue weighted by Crippen LogP contribution is -2.34. The third-order valence-corrected chi connectivity index (χ3v) is 6.62. The number of anilines is 1. The largest absolute Gasteiger partial charge is 0.382 e. The van der Waals surface area contributed by atoms with Gasteiger partial charge in [0.05, 0.1) is 17.1 Å². The molecule has 4 rings (SSSR count). The Kier molecular flexibility index (Phi) is 8.34. The van der Waals surface area contributed by atoms with Gasteiger partial charge in [-0.05, 0) is 55.3 Å². The zero-order valence-corrected chi connectivity index (χ0v) is 20.3. The summed E-state index contributed by atoms with van der Waals surface area (Å²) in [6.45, 7) is 3.91. The predicted molar refractivity (Wildman–Crippen MR) is 138 cm³/mol. The van der Waals surface area contributed by atoms with Crippen molar-refractivity contribution in [2.75, 3.05) is 24.7 Å². The first kappa shape index (κ1) is 24.7. The summed E-state index contributed by atoms with van der Waals surface area (Å²) < 4.78 is 19.6. The van der Waals surface area contributed by atoms with E-state index in [1.54, 1.807) is 41.3 Å². The van der Waals surface area contributed by atoms with Gasteiger partial charge in [-0.3, -0.25) is 9.59 Å². The number of para-hydroxylation sites is 1. The molecule has 0 fully saturated rings. The van der Waals surface area contributed by atoms with Gasteiger partial charge in [-0.25, -0.2) is 4.39 Å². The van der Waals surface area contributed by atoms with Crippen LogP contribution in [0.5, 0.6) is 0 Å². The predicted octanol–water partition coefficient (Wildman–Crippen LogP) is 5.66. The molecule has 180 valence electrons. The molecule has 0 saturated heterocycles. The second-order valence-corrected chi connectivity index (χ2v) is 9.07. The standard InChI is InChI=1S/C28H27FN2O3S/c1-2-34-17-7-16-30-27(32)21-14-12-20(13-15-21)18-26-28(33)31(19-22-8-3-4-9-23(22)29)24-10-5-6-11-25(24)35-26/h3-6,8-15,18H,2,7,16-17,19H2,1H3,(H,30,32)/b26-18-. The Morgan fingerprint density at radius 3 is 2.57 bits per heavy atom. The number of fused-ring (bicyclic) bond motifs is 1. The minimum Gasteiger partial charge on any atom is -0.382 e. The average molecular weight is 491 g/mol. The van der Waals surface area contributed by atoms with Crippen molar-refractivity contribution in [1.29, 1.82) is 0 Å². The number of hydrogen-bond acceptors (Lipinski definition) is 4. The third-order valence-electron chi connectivity index (χ3n) is 5.54. The van der Waals surface area contributed by atoms with Crippen LogP contribution in [0.3, 0.4) is 0 Å². The summed E-state index contributed by atoms with van der Waals surface area (Å²) in [5, 5.41) is 2.88. The summed E-state index contributed by atoms with van der Waals surface area (Å²) >= 11 is 1.39. The van der Waals surface area contributed by atoms with Crippen LogP contribution in [-0.2, 0) is 16.1 Å². The summed E-state index contributed by atoms with van der Waals surface area (Å²) in [6, 6.07) is 21.2. The highest BCUT2D eigenvalue weighted by Crippen LogP contribution is 2.42. The van der Waals surface area contributed by atoms with Gasteiger partial charge in [0.15, 0.2) is 0 Å². The average Bonchev–Trinajstić information content (AvgIpc) is 2.88. The van der Waals surface area contributed by atoms with Gasteiger partial charge in [-0.1, -0.05) is 54.2 Å². The van der Waals surface area contributed by atoms with E-state index in [-0.39, 0.29) is 24.2 Å². The van der Waals surface area contributed by atoms with Gasteiger partial charge < -0.3 is 15.0 Å². The Labute approximate surface area is 209 Å². The maximum Gasteiger partial charge on any atom is 0.265 e. The smallest absolute Gasteiger partial charge is 0.265 e. The van der Waals surface area contributed by atoms with E-state index < -0.39 is 0 Å². The Bertz CT molecular complexity index is 1230. The Morgan fingerprint density at radius 1 is 1.06 bits per heavy atom. The molecule has 0 radical (unpaired) electrons. The van der Waals surface area contributed by atoms with E-state index in [1.807, 2.05) is 43.3 Å². The highest BCUT2D eigenvalue weighted by atomic mass is 32.2. The number of hydrogen-bond donors (Lipinski definition) is 1. The molecule has 0 aromatic heterocycles. The zero-order valence-electron chi connectivity index (χ0n) is 19.5. The lowest BCUT2D eigenvalue weighted by molar-refractivity contribution is -0.114. The molecule has 1 N–H and O–H groups in total. The number of nitrogens with zero attached hydrogens (tertiary/aromatic N) is 1. The SMILES string of the molecule is CCOCCCNC(=O)c1ccc(/C=C2\Sc3ccccc3N(Cc3ccccc3F)C2=O)cc1. The topological polar surface area (TPSA) is 58.6 Å². The molecule has 0 unspecified atom stereocenters. The van der Waals surface area contributed by atoms with Crippen LogP contribution in [0.2, 0.25) is 0 Å². The normalized spacial score (nSPS) is 14.2. The number of thioether (sulfide) groups is 1. The molecule has 1 aliphatic heterocycles. The molecular formula is C28H27FN2O3S. The molecule has 1 heterocycles. The summed E-state index contributed by atoms with van der Waals surface area (Å²) in [6.07, 6.45) is 2.56. The molecule has 1 aliphatic rings. The van der Waals surface area contributed by atoms with Crippen LogP contribution >= 0.6 is 11.8 Å². The van der Waals surface area contributed by atoms with Gasteiger partial charge in [0.1, 0.15) is 5.82 Å². The lowest BCUT2D eigenvalue weighted by Gasteiger charge is -2.30. The molecule has 0 bridgehead atoms. The molecule has 7 heteroatoms. The molecule has 0 saturated carbocycles. The Morgan fingerprint density at radius 2 is 1.80 bits per heavy atom. The number of halogens is 1. The summed E-state index contributed by atoms with van der Waals surface area (Å²) in [7, 11) is 0. The quantitative estimate of drug-likeness (QED) is 0.311. The van der Waals surface area contributed by atoms with Gasteiger partial charge in [0.25, 0.3) is 11.8 Å². The van der Waals surface area contributed by atoms with E-state index in [0.717, 1.165) is 22.6 Å². The van der Waals surface area contributed by atoms with Gasteiger partial charge in [-0.2, -0.15) is 0 Å². The van der Waals surface area contributed by atoms with E-state index in [2.05, 4.69) is 5.32 Å². The number of carbonyl (C=O) groups is 2. The van der Waals surface area contributed by atoms with Crippen molar-refractivity contribution < 1.29 is 18.7 Å². The molecule has 0 spiro atoms. The van der Waals surface area contributed by atoms with Crippen molar-refractivity contribution in [3.8, 4) is 0 Å². The van der Waals surface area contributed by atoms with E-state index in [0.29, 0.717) is 35.8 Å². The zero-order chi connectivity index (χ0) is 24.6. The molecule has 0 aliphatic carbocycles. The van der Waals surface area contributed by atoms with Crippen molar-refractivity contribution in [1.82, 2.24) is 5.32 Å². The van der Waals surface area contributed by atoms with Gasteiger partial charge in [-0.15, -0.1) is 0 Å². The van der Waals surface area contributed by atoms with Crippen LogP contribution in [0.1, 0.15) is 34.8 Å². The third kappa shape index (κ3) is 6.18. The highest BCUT2D eigenvalue weighted by Gasteiger charge is 2.29. The van der Waals surface area contributed by atoms with Crippen LogP contribution in [-0.4, -0.2) is 31.6 Å². The van der Waals surface area contributed by atoms with Crippen molar-refractivity contribution >= 4 is 35.3 Å². The van der Waals surface area contributed by atoms with Crippen molar-refractivity contribution in [3.05, 3.63) is 100 Å². The minimum absolute atomic E-state index is 0.142. The summed E-state index contributed by atoms with van der Waals surface area (Å²) in [5.74, 6) is -0.671. The number of nitrogens with one attached hydrogen (secondary N) is 1. The molecule has 5 nitrogen and oxygen atoms in total. The Hall–Kier alpha value is -3.42. The van der Waals surface area contributed by atoms with E-state index in [4.69, 9.17) is 4.74 Å². The van der Waals surface area contributed by atoms with E-state index in [9.17, 15) is 14.0 Å². The maximum atomic E-state index is 14.3. The fourth-order valence-corrected chi connectivity index (χ4v) is 4.78. The first-order chi connectivity index (χ1) is 17.1. The molecule has 3 aromatic rings. The number of amides is 2. The number of carbonyl (C=O) groups excluding carboxylic acids is 2. The summed E-state index contributed by atoms with van der Waals surface area (Å²) in [4.78, 5) is 28.8. The van der Waals surface area contributed by atoms with Gasteiger partial charge >= 0.3 is 0 Å². The molecule has 0 atom stereocenters. The monoisotopic (exact) mass is 490 g/mol. The first-order valence-electron chi connectivity index (χ1n) is 11.6. The van der Waals surface area contributed by atoms with Crippen LogP contribution in [0.4, 0.5) is 10.1 Å². The van der Waals surface area contributed by atoms with Crippen LogP contribution in [0.25, 0.3) is 6.08 Å². The molecule has 3 aromatic carbocycles. The second-order valence-electron chi connectivity index (χ2n) is 7.99. The number of ether oxygens (including phenoxy) is 1. The Balaban J connectivity index is 1.51. The van der Waals surface area contributed by atoms with Crippen molar-refractivity contribution in [2.45, 2.75) is 24.8 Å². The lowest BCUT2D eigenvalue weighted by atomic mass is 10.1. The van der Waals surface area contributed by atoms with Gasteiger partial charge in [0, 0.05) is 35.8 Å². The summed E-state index contributed by atoms with van der Waals surface area (Å²) in [5.41, 5.74) is 2.58. The molecule has 2 amide bonds. The van der Waals surface area contributed by atoms with Crippen molar-refractivity contribution in [2.24, 2.45) is 0 Å². The van der Waals surface area contributed by atoms with Crippen molar-refractivity contribution in [3.63, 3.8) is 0 Å². The van der Waals surface area contributed by atoms with E-state index in [1.165, 1.54) is 17.8 Å². The number of benzene rings is 3. The van der Waals surface area contributed by atoms with E-state index >= 15 is 0 Å². The first-order valence-corrected chi connectivity index (χ1v) is 12.4. The van der Waals surface area contributed by atoms with Crippen LogP contribution < -0.4 is 10.2 Å². The fraction of sp³-hybridized carbons (Fsp3) is 0.214. The minimum atomic E-state index is -0.340. The fourth-order valence-electron chi connectivity index (χ4n) is 3.72. The maximum absolute atomic E-state index is 14.3. The molecular weight excluding hydrogens is 463 g/mol. The van der Waals surface area contributed by atoms with Gasteiger partial charge in [0.2, 0.25) is 0 Å². The van der Waals surface area contributed by atoms with Crippen LogP contribution in [0.15, 0.2) is 82.6 Å². The second kappa shape index (κ2) is 11.8. The number of rotatable bonds is 9. The molecule has 35 heavy (non-hydrogen) atoms. The van der Waals surface area contributed by atoms with Crippen LogP contribution in [0, 0.1) is 5.82 Å².